The van der Waals surface area contributed by atoms with Crippen molar-refractivity contribution in [3.05, 3.63) is 0 Å². The Morgan fingerprint density at radius 1 is 1.39 bits per heavy atom. The number of nitrogens with one attached hydrogen (secondary N) is 1. The van der Waals surface area contributed by atoms with Gasteiger partial charge in [0.15, 0.2) is 0 Å². The lowest BCUT2D eigenvalue weighted by Gasteiger charge is -2.43. The minimum Gasteiger partial charge on any atom is -0.465 e. The van der Waals surface area contributed by atoms with E-state index in [4.69, 9.17) is 9.47 Å². The molecule has 0 bridgehead atoms. The smallest absolute Gasteiger partial charge is 0.329 e. The van der Waals surface area contributed by atoms with E-state index in [1.165, 1.54) is 0 Å². The fourth-order valence-corrected chi connectivity index (χ4v) is 2.92. The van der Waals surface area contributed by atoms with Gasteiger partial charge in [0.05, 0.1) is 13.2 Å². The summed E-state index contributed by atoms with van der Waals surface area (Å²) in [5, 5.41) is 3.32. The normalized spacial score (nSPS) is 24.6. The summed E-state index contributed by atoms with van der Waals surface area (Å²) in [5.41, 5.74) is -0.549. The van der Waals surface area contributed by atoms with E-state index in [9.17, 15) is 4.79 Å². The zero-order chi connectivity index (χ0) is 13.0. The van der Waals surface area contributed by atoms with Crippen LogP contribution in [0.25, 0.3) is 0 Å². The van der Waals surface area contributed by atoms with Crippen molar-refractivity contribution >= 4 is 5.97 Å². The van der Waals surface area contributed by atoms with Crippen LogP contribution in [0.3, 0.4) is 0 Å². The molecule has 2 aliphatic rings. The van der Waals surface area contributed by atoms with Crippen LogP contribution in [0, 0.1) is 5.92 Å². The first-order valence-electron chi connectivity index (χ1n) is 6.87. The molecule has 104 valence electrons. The summed E-state index contributed by atoms with van der Waals surface area (Å²) >= 11 is 0. The van der Waals surface area contributed by atoms with Crippen LogP contribution in [0.4, 0.5) is 0 Å². The lowest BCUT2D eigenvalue weighted by Crippen LogP contribution is -2.64. The molecule has 1 N–H and O–H groups in total. The number of rotatable bonds is 6. The highest BCUT2D eigenvalue weighted by molar-refractivity contribution is 5.82. The average molecular weight is 256 g/mol. The molecule has 0 radical (unpaired) electrons. The lowest BCUT2D eigenvalue weighted by molar-refractivity contribution is -0.165. The van der Waals surface area contributed by atoms with Crippen molar-refractivity contribution in [2.45, 2.75) is 25.3 Å². The molecule has 2 rings (SSSR count). The number of piperazine rings is 1. The summed E-state index contributed by atoms with van der Waals surface area (Å²) in [4.78, 5) is 14.7. The van der Waals surface area contributed by atoms with E-state index in [1.54, 1.807) is 7.11 Å². The molecule has 1 saturated heterocycles. The number of hydrogen-bond donors (Lipinski definition) is 1. The molecule has 0 aromatic heterocycles. The van der Waals surface area contributed by atoms with Gasteiger partial charge in [-0.25, -0.2) is 4.79 Å². The van der Waals surface area contributed by atoms with Gasteiger partial charge in [-0.15, -0.1) is 0 Å². The van der Waals surface area contributed by atoms with E-state index in [2.05, 4.69) is 10.2 Å². The van der Waals surface area contributed by atoms with Gasteiger partial charge in [0.2, 0.25) is 0 Å². The summed E-state index contributed by atoms with van der Waals surface area (Å²) in [7, 11) is 1.67. The van der Waals surface area contributed by atoms with E-state index < -0.39 is 5.54 Å². The molecule has 1 heterocycles. The highest BCUT2D eigenvalue weighted by atomic mass is 16.5. The number of carbonyl (C=O) groups excluding carboxylic acids is 1. The third kappa shape index (κ3) is 2.53. The third-order valence-corrected chi connectivity index (χ3v) is 3.93. The van der Waals surface area contributed by atoms with Crippen molar-refractivity contribution in [2.75, 3.05) is 46.5 Å². The number of ether oxygens (including phenoxy) is 2. The number of carbonyl (C=O) groups is 1. The van der Waals surface area contributed by atoms with Gasteiger partial charge in [0.25, 0.3) is 0 Å². The van der Waals surface area contributed by atoms with Crippen LogP contribution in [0.15, 0.2) is 0 Å². The second kappa shape index (κ2) is 5.99. The summed E-state index contributed by atoms with van der Waals surface area (Å²) in [5.74, 6) is 0.297. The summed E-state index contributed by atoms with van der Waals surface area (Å²) in [6.45, 7) is 6.37. The molecule has 5 heteroatoms. The van der Waals surface area contributed by atoms with Crippen molar-refractivity contribution in [1.29, 1.82) is 0 Å². The fourth-order valence-electron chi connectivity index (χ4n) is 2.92. The van der Waals surface area contributed by atoms with Crippen LogP contribution < -0.4 is 5.32 Å². The van der Waals surface area contributed by atoms with Crippen LogP contribution in [0.2, 0.25) is 0 Å². The standard InChI is InChI=1S/C13H24N2O3/c1-3-18-12(16)13(10-17-2,11-4-5-11)15-8-6-14-7-9-15/h11,14H,3-10H2,1-2H3. The van der Waals surface area contributed by atoms with E-state index in [1.807, 2.05) is 6.92 Å². The van der Waals surface area contributed by atoms with Gasteiger partial charge in [0.1, 0.15) is 5.54 Å². The Labute approximate surface area is 109 Å². The molecule has 1 unspecified atom stereocenters. The molecule has 18 heavy (non-hydrogen) atoms. The van der Waals surface area contributed by atoms with Crippen molar-refractivity contribution < 1.29 is 14.3 Å². The predicted octanol–water partition coefficient (Wildman–Crippen LogP) is 0.250. The average Bonchev–Trinajstić information content (AvgIpc) is 3.22. The van der Waals surface area contributed by atoms with Gasteiger partial charge in [-0.3, -0.25) is 4.90 Å². The van der Waals surface area contributed by atoms with Gasteiger partial charge in [-0.05, 0) is 25.7 Å². The summed E-state index contributed by atoms with van der Waals surface area (Å²) < 4.78 is 10.7. The van der Waals surface area contributed by atoms with Crippen LogP contribution in [-0.4, -0.2) is 62.9 Å². The largest absolute Gasteiger partial charge is 0.465 e. The molecule has 0 spiro atoms. The van der Waals surface area contributed by atoms with Crippen molar-refractivity contribution in [3.8, 4) is 0 Å². The first-order chi connectivity index (χ1) is 8.75. The fraction of sp³-hybridized carbons (Fsp3) is 0.923. The summed E-state index contributed by atoms with van der Waals surface area (Å²) in [6.07, 6.45) is 2.21. The minimum atomic E-state index is -0.549. The monoisotopic (exact) mass is 256 g/mol. The van der Waals surface area contributed by atoms with Crippen LogP contribution in [0.5, 0.6) is 0 Å². The molecule has 2 fully saturated rings. The van der Waals surface area contributed by atoms with Crippen molar-refractivity contribution in [2.24, 2.45) is 5.92 Å². The Morgan fingerprint density at radius 3 is 2.56 bits per heavy atom. The number of methoxy groups -OCH3 is 1. The zero-order valence-corrected chi connectivity index (χ0v) is 11.4. The van der Waals surface area contributed by atoms with Crippen molar-refractivity contribution in [1.82, 2.24) is 10.2 Å². The van der Waals surface area contributed by atoms with E-state index >= 15 is 0 Å². The zero-order valence-electron chi connectivity index (χ0n) is 11.4. The van der Waals surface area contributed by atoms with Gasteiger partial charge in [0, 0.05) is 33.3 Å². The molecule has 1 aliphatic heterocycles. The Morgan fingerprint density at radius 2 is 2.06 bits per heavy atom. The maximum absolute atomic E-state index is 12.5. The van der Waals surface area contributed by atoms with E-state index in [0.717, 1.165) is 39.0 Å². The van der Waals surface area contributed by atoms with Gasteiger partial charge in [-0.1, -0.05) is 0 Å². The Balaban J connectivity index is 2.20. The maximum atomic E-state index is 12.5. The molecule has 0 amide bonds. The van der Waals surface area contributed by atoms with Crippen LogP contribution in [-0.2, 0) is 14.3 Å². The molecule has 0 aromatic rings. The molecular formula is C13H24N2O3. The van der Waals surface area contributed by atoms with E-state index in [-0.39, 0.29) is 5.97 Å². The van der Waals surface area contributed by atoms with Gasteiger partial charge < -0.3 is 14.8 Å². The Bertz CT molecular complexity index is 288. The highest BCUT2D eigenvalue weighted by Crippen LogP contribution is 2.44. The molecule has 0 aromatic carbocycles. The Hall–Kier alpha value is -0.650. The Kier molecular flexibility index (Phi) is 4.59. The topological polar surface area (TPSA) is 50.8 Å². The number of esters is 1. The van der Waals surface area contributed by atoms with Crippen LogP contribution in [0.1, 0.15) is 19.8 Å². The second-order valence-corrected chi connectivity index (χ2v) is 5.09. The van der Waals surface area contributed by atoms with Gasteiger partial charge in [-0.2, -0.15) is 0 Å². The molecular weight excluding hydrogens is 232 g/mol. The van der Waals surface area contributed by atoms with Gasteiger partial charge >= 0.3 is 5.97 Å². The minimum absolute atomic E-state index is 0.101. The van der Waals surface area contributed by atoms with E-state index in [0.29, 0.717) is 19.1 Å². The first-order valence-corrected chi connectivity index (χ1v) is 6.87. The second-order valence-electron chi connectivity index (χ2n) is 5.09. The number of nitrogens with zero attached hydrogens (tertiary/aromatic N) is 1. The predicted molar refractivity (Wildman–Crippen MR) is 68.4 cm³/mol. The summed E-state index contributed by atoms with van der Waals surface area (Å²) in [6, 6.07) is 0. The van der Waals surface area contributed by atoms with Crippen LogP contribution >= 0.6 is 0 Å². The molecule has 1 saturated carbocycles. The van der Waals surface area contributed by atoms with Crippen molar-refractivity contribution in [3.63, 3.8) is 0 Å². The quantitative estimate of drug-likeness (QED) is 0.690. The number of hydrogen-bond acceptors (Lipinski definition) is 5. The lowest BCUT2D eigenvalue weighted by atomic mass is 9.91. The molecule has 5 nitrogen and oxygen atoms in total. The SMILES string of the molecule is CCOC(=O)C(COC)(C1CC1)N1CCNCC1. The molecule has 1 aliphatic carbocycles. The third-order valence-electron chi connectivity index (χ3n) is 3.93. The maximum Gasteiger partial charge on any atom is 0.329 e. The molecule has 1 atom stereocenters. The first kappa shape index (κ1) is 13.8. The highest BCUT2D eigenvalue weighted by Gasteiger charge is 2.56.